The molecule has 0 aliphatic carbocycles. The third kappa shape index (κ3) is 10.7. The van der Waals surface area contributed by atoms with E-state index in [1.807, 2.05) is 60.7 Å². The van der Waals surface area contributed by atoms with Gasteiger partial charge in [0.1, 0.15) is 11.5 Å². The fraction of sp³-hybridized carbons (Fsp3) is 0.455. The van der Waals surface area contributed by atoms with Crippen LogP contribution in [-0.4, -0.2) is 13.7 Å². The van der Waals surface area contributed by atoms with Gasteiger partial charge >= 0.3 is 0 Å². The second-order valence-electron chi connectivity index (χ2n) is 5.80. The van der Waals surface area contributed by atoms with E-state index in [0.29, 0.717) is 0 Å². The third-order valence-corrected chi connectivity index (χ3v) is 3.74. The lowest BCUT2D eigenvalue weighted by Gasteiger charge is -2.05. The van der Waals surface area contributed by atoms with E-state index in [2.05, 4.69) is 6.92 Å². The maximum absolute atomic E-state index is 5.63. The first kappa shape index (κ1) is 20.1. The zero-order chi connectivity index (χ0) is 17.3. The van der Waals surface area contributed by atoms with E-state index in [4.69, 9.17) is 9.47 Å². The molecule has 2 aromatic rings. The second kappa shape index (κ2) is 14.6. The maximum Gasteiger partial charge on any atom is 0.119 e. The number of rotatable bonds is 10. The number of para-hydroxylation sites is 2. The normalized spacial score (nSPS) is 9.75. The number of hydrogen-bond donors (Lipinski definition) is 0. The molecule has 0 radical (unpaired) electrons. The summed E-state index contributed by atoms with van der Waals surface area (Å²) < 4.78 is 10.5. The van der Waals surface area contributed by atoms with Gasteiger partial charge in [-0.25, -0.2) is 0 Å². The van der Waals surface area contributed by atoms with E-state index < -0.39 is 0 Å². The SMILES string of the molecule is CCCCCCCCCOc1ccccc1.COc1ccccc1. The first-order valence-corrected chi connectivity index (χ1v) is 9.13. The van der Waals surface area contributed by atoms with Crippen molar-refractivity contribution in [3.63, 3.8) is 0 Å². The van der Waals surface area contributed by atoms with Crippen LogP contribution in [0, 0.1) is 0 Å². The van der Waals surface area contributed by atoms with Gasteiger partial charge in [0, 0.05) is 0 Å². The Hall–Kier alpha value is -1.96. The highest BCUT2D eigenvalue weighted by molar-refractivity contribution is 5.21. The minimum Gasteiger partial charge on any atom is -0.497 e. The standard InChI is InChI=1S/C15H24O.C7H8O/c1-2-3-4-5-6-7-11-14-16-15-12-9-8-10-13-15;1-8-7-5-3-2-4-6-7/h8-10,12-13H,2-7,11,14H2,1H3;2-6H,1H3. The molecular formula is C22H32O2. The van der Waals surface area contributed by atoms with Crippen molar-refractivity contribution in [3.05, 3.63) is 60.7 Å². The quantitative estimate of drug-likeness (QED) is 0.463. The predicted molar refractivity (Wildman–Crippen MR) is 103 cm³/mol. The molecule has 24 heavy (non-hydrogen) atoms. The first-order valence-electron chi connectivity index (χ1n) is 9.13. The van der Waals surface area contributed by atoms with E-state index in [1.165, 1.54) is 44.9 Å². The van der Waals surface area contributed by atoms with Crippen LogP contribution < -0.4 is 9.47 Å². The maximum atomic E-state index is 5.63. The average molecular weight is 328 g/mol. The fourth-order valence-corrected chi connectivity index (χ4v) is 2.32. The number of methoxy groups -OCH3 is 1. The summed E-state index contributed by atoms with van der Waals surface area (Å²) in [5.41, 5.74) is 0. The number of ether oxygens (including phenoxy) is 2. The summed E-state index contributed by atoms with van der Waals surface area (Å²) in [7, 11) is 1.66. The van der Waals surface area contributed by atoms with Gasteiger partial charge in [-0.15, -0.1) is 0 Å². The van der Waals surface area contributed by atoms with Gasteiger partial charge in [-0.3, -0.25) is 0 Å². The Kier molecular flexibility index (Phi) is 12.2. The Morgan fingerprint density at radius 1 is 0.625 bits per heavy atom. The highest BCUT2D eigenvalue weighted by Crippen LogP contribution is 2.10. The Morgan fingerprint density at radius 3 is 1.62 bits per heavy atom. The van der Waals surface area contributed by atoms with Crippen LogP contribution in [0.1, 0.15) is 51.9 Å². The molecule has 2 aromatic carbocycles. The molecule has 0 heterocycles. The van der Waals surface area contributed by atoms with Crippen molar-refractivity contribution in [1.82, 2.24) is 0 Å². The van der Waals surface area contributed by atoms with Crippen LogP contribution in [0.3, 0.4) is 0 Å². The molecule has 2 rings (SSSR count). The van der Waals surface area contributed by atoms with Gasteiger partial charge in [-0.1, -0.05) is 81.8 Å². The van der Waals surface area contributed by atoms with Gasteiger partial charge in [0.05, 0.1) is 13.7 Å². The summed E-state index contributed by atoms with van der Waals surface area (Å²) in [5, 5.41) is 0. The molecule has 2 heteroatoms. The lowest BCUT2D eigenvalue weighted by Crippen LogP contribution is -1.96. The molecule has 0 saturated carbocycles. The summed E-state index contributed by atoms with van der Waals surface area (Å²) in [4.78, 5) is 0. The highest BCUT2D eigenvalue weighted by atomic mass is 16.5. The van der Waals surface area contributed by atoms with Crippen LogP contribution in [-0.2, 0) is 0 Å². The molecule has 0 aromatic heterocycles. The van der Waals surface area contributed by atoms with Gasteiger partial charge in [0.25, 0.3) is 0 Å². The van der Waals surface area contributed by atoms with Gasteiger partial charge in [0.15, 0.2) is 0 Å². The Morgan fingerprint density at radius 2 is 1.12 bits per heavy atom. The molecule has 0 saturated heterocycles. The van der Waals surface area contributed by atoms with Crippen molar-refractivity contribution < 1.29 is 9.47 Å². The largest absolute Gasteiger partial charge is 0.497 e. The first-order chi connectivity index (χ1) is 11.9. The lowest BCUT2D eigenvalue weighted by atomic mass is 10.1. The zero-order valence-corrected chi connectivity index (χ0v) is 15.2. The molecule has 0 spiro atoms. The topological polar surface area (TPSA) is 18.5 Å². The molecule has 0 atom stereocenters. The van der Waals surface area contributed by atoms with Gasteiger partial charge < -0.3 is 9.47 Å². The lowest BCUT2D eigenvalue weighted by molar-refractivity contribution is 0.304. The van der Waals surface area contributed by atoms with Crippen LogP contribution in [0.2, 0.25) is 0 Å². The van der Waals surface area contributed by atoms with Crippen molar-refractivity contribution >= 4 is 0 Å². The van der Waals surface area contributed by atoms with Crippen molar-refractivity contribution in [3.8, 4) is 11.5 Å². The summed E-state index contributed by atoms with van der Waals surface area (Å²) in [6.45, 7) is 3.12. The molecule has 0 aliphatic rings. The van der Waals surface area contributed by atoms with E-state index >= 15 is 0 Å². The molecule has 0 amide bonds. The monoisotopic (exact) mass is 328 g/mol. The van der Waals surface area contributed by atoms with Crippen molar-refractivity contribution in [2.45, 2.75) is 51.9 Å². The number of unbranched alkanes of at least 4 members (excludes halogenated alkanes) is 6. The molecule has 132 valence electrons. The van der Waals surface area contributed by atoms with Crippen molar-refractivity contribution in [2.24, 2.45) is 0 Å². The summed E-state index contributed by atoms with van der Waals surface area (Å²) in [6, 6.07) is 19.8. The van der Waals surface area contributed by atoms with Gasteiger partial charge in [-0.05, 0) is 30.7 Å². The molecule has 0 N–H and O–H groups in total. The van der Waals surface area contributed by atoms with Gasteiger partial charge in [0.2, 0.25) is 0 Å². The van der Waals surface area contributed by atoms with E-state index in [-0.39, 0.29) is 0 Å². The Bertz CT molecular complexity index is 482. The predicted octanol–water partition coefficient (Wildman–Crippen LogP) is 6.51. The van der Waals surface area contributed by atoms with E-state index in [9.17, 15) is 0 Å². The molecule has 0 bridgehead atoms. The molecular weight excluding hydrogens is 296 g/mol. The molecule has 0 fully saturated rings. The molecule has 2 nitrogen and oxygen atoms in total. The Labute approximate surface area is 147 Å². The smallest absolute Gasteiger partial charge is 0.119 e. The fourth-order valence-electron chi connectivity index (χ4n) is 2.32. The number of benzene rings is 2. The molecule has 0 unspecified atom stereocenters. The summed E-state index contributed by atoms with van der Waals surface area (Å²) in [6.07, 6.45) is 9.35. The van der Waals surface area contributed by atoms with E-state index in [1.54, 1.807) is 7.11 Å². The number of hydrogen-bond acceptors (Lipinski definition) is 2. The minimum absolute atomic E-state index is 0.859. The van der Waals surface area contributed by atoms with E-state index in [0.717, 1.165) is 18.1 Å². The summed E-state index contributed by atoms with van der Waals surface area (Å²) in [5.74, 6) is 1.90. The van der Waals surface area contributed by atoms with Crippen LogP contribution in [0.4, 0.5) is 0 Å². The summed E-state index contributed by atoms with van der Waals surface area (Å²) >= 11 is 0. The molecule has 0 aliphatic heterocycles. The van der Waals surface area contributed by atoms with Crippen LogP contribution >= 0.6 is 0 Å². The zero-order valence-electron chi connectivity index (χ0n) is 15.2. The van der Waals surface area contributed by atoms with Crippen LogP contribution in [0.5, 0.6) is 11.5 Å². The van der Waals surface area contributed by atoms with Gasteiger partial charge in [-0.2, -0.15) is 0 Å². The average Bonchev–Trinajstić information content (AvgIpc) is 2.66. The highest BCUT2D eigenvalue weighted by Gasteiger charge is 1.93. The van der Waals surface area contributed by atoms with Crippen LogP contribution in [0.25, 0.3) is 0 Å². The second-order valence-corrected chi connectivity index (χ2v) is 5.80. The minimum atomic E-state index is 0.859. The van der Waals surface area contributed by atoms with Crippen molar-refractivity contribution in [1.29, 1.82) is 0 Å². The van der Waals surface area contributed by atoms with Crippen LogP contribution in [0.15, 0.2) is 60.7 Å². The third-order valence-electron chi connectivity index (χ3n) is 3.74. The van der Waals surface area contributed by atoms with Crippen molar-refractivity contribution in [2.75, 3.05) is 13.7 Å². The Balaban J connectivity index is 0.000000300.